The molecule has 2 atom stereocenters. The minimum atomic E-state index is -3.08. The van der Waals surface area contributed by atoms with Crippen LogP contribution in [0.2, 0.25) is 0 Å². The van der Waals surface area contributed by atoms with Crippen molar-refractivity contribution in [2.45, 2.75) is 51.1 Å². The summed E-state index contributed by atoms with van der Waals surface area (Å²) in [6.45, 7) is 2.24. The van der Waals surface area contributed by atoms with Gasteiger partial charge in [0.05, 0.1) is 24.1 Å². The van der Waals surface area contributed by atoms with Crippen LogP contribution in [0.25, 0.3) is 0 Å². The third-order valence-corrected chi connectivity index (χ3v) is 8.06. The van der Waals surface area contributed by atoms with Crippen LogP contribution in [0.15, 0.2) is 48.5 Å². The van der Waals surface area contributed by atoms with Crippen molar-refractivity contribution in [1.29, 1.82) is 0 Å². The van der Waals surface area contributed by atoms with E-state index in [4.69, 9.17) is 0 Å². The van der Waals surface area contributed by atoms with Gasteiger partial charge in [-0.25, -0.2) is 8.42 Å². The topological polar surface area (TPSA) is 66.5 Å². The Morgan fingerprint density at radius 2 is 1.83 bits per heavy atom. The smallest absolute Gasteiger partial charge is 0.241 e. The molecule has 0 unspecified atom stereocenters. The second-order valence-corrected chi connectivity index (χ2v) is 10.7. The lowest BCUT2D eigenvalue weighted by molar-refractivity contribution is -0.118. The van der Waals surface area contributed by atoms with Crippen molar-refractivity contribution < 1.29 is 13.2 Å². The fourth-order valence-electron chi connectivity index (χ4n) is 4.59. The van der Waals surface area contributed by atoms with Gasteiger partial charge < -0.3 is 10.2 Å². The number of anilines is 1. The minimum Gasteiger partial charge on any atom is -0.307 e. The number of hydrogen-bond acceptors (Lipinski definition) is 4. The van der Waals surface area contributed by atoms with Crippen molar-refractivity contribution in [3.63, 3.8) is 0 Å². The van der Waals surface area contributed by atoms with Crippen molar-refractivity contribution in [3.05, 3.63) is 65.2 Å². The number of nitrogens with zero attached hydrogens (tertiary/aromatic N) is 1. The van der Waals surface area contributed by atoms with Crippen LogP contribution in [0.5, 0.6) is 0 Å². The molecule has 30 heavy (non-hydrogen) atoms. The van der Waals surface area contributed by atoms with Gasteiger partial charge in [-0.2, -0.15) is 0 Å². The molecule has 160 valence electrons. The maximum atomic E-state index is 13.2. The molecule has 1 fully saturated rings. The third kappa shape index (κ3) is 4.76. The van der Waals surface area contributed by atoms with Crippen LogP contribution in [0.4, 0.5) is 5.69 Å². The molecule has 0 saturated carbocycles. The zero-order chi connectivity index (χ0) is 21.1. The normalized spacial score (nSPS) is 21.0. The number of benzene rings is 2. The number of nitrogens with one attached hydrogen (secondary N) is 1. The second kappa shape index (κ2) is 8.90. The Morgan fingerprint density at radius 1 is 1.10 bits per heavy atom. The molecule has 1 saturated heterocycles. The molecule has 2 aromatic rings. The van der Waals surface area contributed by atoms with Gasteiger partial charge >= 0.3 is 0 Å². The Hall–Kier alpha value is -2.18. The van der Waals surface area contributed by atoms with Crippen LogP contribution in [0.3, 0.4) is 0 Å². The minimum absolute atomic E-state index is 0.0357. The molecule has 1 amide bonds. The summed E-state index contributed by atoms with van der Waals surface area (Å²) in [5.41, 5.74) is 4.83. The van der Waals surface area contributed by atoms with Crippen LogP contribution >= 0.6 is 0 Å². The molecule has 4 rings (SSSR count). The number of carbonyl (C=O) groups is 1. The number of para-hydroxylation sites is 1. The highest BCUT2D eigenvalue weighted by Crippen LogP contribution is 2.26. The molecule has 2 aromatic carbocycles. The number of fused-ring (bicyclic) bond motifs is 1. The van der Waals surface area contributed by atoms with Crippen molar-refractivity contribution in [2.75, 3.05) is 23.0 Å². The average molecular weight is 427 g/mol. The van der Waals surface area contributed by atoms with Gasteiger partial charge in [-0.1, -0.05) is 36.4 Å². The molecule has 1 aliphatic heterocycles. The summed E-state index contributed by atoms with van der Waals surface area (Å²) in [5, 5.41) is 3.36. The quantitative estimate of drug-likeness (QED) is 0.768. The summed E-state index contributed by atoms with van der Waals surface area (Å²) in [7, 11) is -3.08. The molecule has 1 heterocycles. The summed E-state index contributed by atoms with van der Waals surface area (Å²) in [6, 6.07) is 15.8. The summed E-state index contributed by atoms with van der Waals surface area (Å²) in [6.07, 6.45) is 5.29. The average Bonchev–Trinajstić information content (AvgIpc) is 3.11. The van der Waals surface area contributed by atoms with Gasteiger partial charge in [0.1, 0.15) is 0 Å². The van der Waals surface area contributed by atoms with E-state index in [-0.39, 0.29) is 36.0 Å². The number of amides is 1. The van der Waals surface area contributed by atoms with E-state index in [1.165, 1.54) is 29.5 Å². The monoisotopic (exact) mass is 426 g/mol. The lowest BCUT2D eigenvalue weighted by atomic mass is 9.89. The van der Waals surface area contributed by atoms with Crippen LogP contribution in [-0.4, -0.2) is 38.4 Å². The number of aryl methyl sites for hydroxylation is 2. The molecule has 0 bridgehead atoms. The second-order valence-electron chi connectivity index (χ2n) is 8.49. The maximum absolute atomic E-state index is 13.2. The highest BCUT2D eigenvalue weighted by atomic mass is 32.2. The molecule has 1 aliphatic carbocycles. The predicted octanol–water partition coefficient (Wildman–Crippen LogP) is 3.44. The molecular weight excluding hydrogens is 396 g/mol. The van der Waals surface area contributed by atoms with Crippen molar-refractivity contribution >= 4 is 21.4 Å². The molecule has 1 N–H and O–H groups in total. The van der Waals surface area contributed by atoms with Gasteiger partial charge in [0.25, 0.3) is 0 Å². The van der Waals surface area contributed by atoms with Gasteiger partial charge in [-0.05, 0) is 67.9 Å². The van der Waals surface area contributed by atoms with E-state index in [0.29, 0.717) is 6.42 Å². The summed E-state index contributed by atoms with van der Waals surface area (Å²) in [5.74, 6) is 0.0921. The zero-order valence-electron chi connectivity index (χ0n) is 17.5. The molecule has 2 aliphatic rings. The first-order valence-electron chi connectivity index (χ1n) is 10.9. The lowest BCUT2D eigenvalue weighted by Crippen LogP contribution is -2.46. The summed E-state index contributed by atoms with van der Waals surface area (Å²) in [4.78, 5) is 14.9. The van der Waals surface area contributed by atoms with E-state index in [9.17, 15) is 13.2 Å². The van der Waals surface area contributed by atoms with Gasteiger partial charge in [0.15, 0.2) is 9.84 Å². The number of carbonyl (C=O) groups excluding carboxylic acids is 1. The SMILES string of the molecule is C[C@@H](NCC(=O)N(c1ccccc1)[C@H]1CCS(=O)(=O)C1)c1ccc2c(c1)CCCC2. The van der Waals surface area contributed by atoms with E-state index >= 15 is 0 Å². The largest absolute Gasteiger partial charge is 0.307 e. The van der Waals surface area contributed by atoms with E-state index in [1.54, 1.807) is 4.90 Å². The fourth-order valence-corrected chi connectivity index (χ4v) is 6.29. The highest BCUT2D eigenvalue weighted by Gasteiger charge is 2.35. The summed E-state index contributed by atoms with van der Waals surface area (Å²) >= 11 is 0. The van der Waals surface area contributed by atoms with E-state index in [2.05, 4.69) is 30.4 Å². The van der Waals surface area contributed by atoms with Crippen molar-refractivity contribution in [2.24, 2.45) is 0 Å². The Bertz CT molecular complexity index is 1000. The van der Waals surface area contributed by atoms with Gasteiger partial charge in [0.2, 0.25) is 5.91 Å². The standard InChI is InChI=1S/C24H30N2O3S/c1-18(20-12-11-19-7-5-6-8-21(19)15-20)25-16-24(27)26(22-9-3-2-4-10-22)23-13-14-30(28,29)17-23/h2-4,9-12,15,18,23,25H,5-8,13-14,16-17H2,1H3/t18-,23+/m1/s1. The van der Waals surface area contributed by atoms with Crippen molar-refractivity contribution in [1.82, 2.24) is 5.32 Å². The maximum Gasteiger partial charge on any atom is 0.241 e. The molecule has 0 aromatic heterocycles. The van der Waals surface area contributed by atoms with Gasteiger partial charge in [0, 0.05) is 11.7 Å². The first-order chi connectivity index (χ1) is 14.4. The predicted molar refractivity (Wildman–Crippen MR) is 120 cm³/mol. The highest BCUT2D eigenvalue weighted by molar-refractivity contribution is 7.91. The Balaban J connectivity index is 1.46. The zero-order valence-corrected chi connectivity index (χ0v) is 18.3. The summed E-state index contributed by atoms with van der Waals surface area (Å²) < 4.78 is 24.0. The van der Waals surface area contributed by atoms with Crippen LogP contribution in [0, 0.1) is 0 Å². The van der Waals surface area contributed by atoms with E-state index < -0.39 is 9.84 Å². The van der Waals surface area contributed by atoms with E-state index in [1.807, 2.05) is 30.3 Å². The lowest BCUT2D eigenvalue weighted by Gasteiger charge is -2.29. The molecule has 0 spiro atoms. The first kappa shape index (κ1) is 21.1. The molecule has 6 heteroatoms. The van der Waals surface area contributed by atoms with E-state index in [0.717, 1.165) is 18.5 Å². The Labute approximate surface area is 179 Å². The molecule has 5 nitrogen and oxygen atoms in total. The number of hydrogen-bond donors (Lipinski definition) is 1. The Kier molecular flexibility index (Phi) is 6.25. The molecular formula is C24H30N2O3S. The van der Waals surface area contributed by atoms with Crippen molar-refractivity contribution in [3.8, 4) is 0 Å². The first-order valence-corrected chi connectivity index (χ1v) is 12.7. The van der Waals surface area contributed by atoms with Crippen LogP contribution in [-0.2, 0) is 27.5 Å². The van der Waals surface area contributed by atoms with Gasteiger partial charge in [-0.15, -0.1) is 0 Å². The van der Waals surface area contributed by atoms with Crippen LogP contribution in [0.1, 0.15) is 48.9 Å². The Morgan fingerprint density at radius 3 is 2.53 bits per heavy atom. The third-order valence-electron chi connectivity index (χ3n) is 6.31. The number of sulfone groups is 1. The molecule has 0 radical (unpaired) electrons. The number of rotatable bonds is 6. The van der Waals surface area contributed by atoms with Crippen LogP contribution < -0.4 is 10.2 Å². The fraction of sp³-hybridized carbons (Fsp3) is 0.458. The van der Waals surface area contributed by atoms with Gasteiger partial charge in [-0.3, -0.25) is 4.79 Å².